The first-order valence-corrected chi connectivity index (χ1v) is 5.15. The lowest BCUT2D eigenvalue weighted by molar-refractivity contribution is 0.868. The number of rotatable bonds is 2. The van der Waals surface area contributed by atoms with Crippen molar-refractivity contribution in [3.63, 3.8) is 0 Å². The molecule has 0 aliphatic heterocycles. The highest BCUT2D eigenvalue weighted by atomic mass is 15.3. The standard InChI is InChI=1S/C13H13N3/c1-14-10-5-8-13-9-11-15-16(13)12-6-3-2-4-7-12/h2-4,6-7,9,11,14H,10H2,1H3. The second-order valence-corrected chi connectivity index (χ2v) is 3.30. The van der Waals surface area contributed by atoms with Crippen molar-refractivity contribution in [3.8, 4) is 17.5 Å². The summed E-state index contributed by atoms with van der Waals surface area (Å²) < 4.78 is 1.84. The quantitative estimate of drug-likeness (QED) is 0.762. The van der Waals surface area contributed by atoms with E-state index in [1.807, 2.05) is 48.1 Å². The molecule has 1 N–H and O–H groups in total. The Bertz CT molecular complexity index is 503. The van der Waals surface area contributed by atoms with Gasteiger partial charge in [0, 0.05) is 0 Å². The largest absolute Gasteiger partial charge is 0.309 e. The number of hydrogen-bond acceptors (Lipinski definition) is 2. The van der Waals surface area contributed by atoms with Crippen LogP contribution in [0, 0.1) is 11.8 Å². The smallest absolute Gasteiger partial charge is 0.117 e. The number of nitrogens with zero attached hydrogens (tertiary/aromatic N) is 2. The highest BCUT2D eigenvalue weighted by Crippen LogP contribution is 2.08. The van der Waals surface area contributed by atoms with Crippen LogP contribution in [0.15, 0.2) is 42.6 Å². The second-order valence-electron chi connectivity index (χ2n) is 3.30. The van der Waals surface area contributed by atoms with Crippen LogP contribution < -0.4 is 5.32 Å². The Labute approximate surface area is 95.1 Å². The first-order chi connectivity index (χ1) is 7.92. The zero-order valence-electron chi connectivity index (χ0n) is 9.14. The molecule has 0 atom stereocenters. The summed E-state index contributed by atoms with van der Waals surface area (Å²) in [6, 6.07) is 11.9. The van der Waals surface area contributed by atoms with Crippen LogP contribution in [0.4, 0.5) is 0 Å². The van der Waals surface area contributed by atoms with Gasteiger partial charge in [0.25, 0.3) is 0 Å². The first kappa shape index (κ1) is 10.5. The fourth-order valence-electron chi connectivity index (χ4n) is 1.40. The number of para-hydroxylation sites is 1. The van der Waals surface area contributed by atoms with E-state index in [-0.39, 0.29) is 0 Å². The normalized spacial score (nSPS) is 9.56. The average Bonchev–Trinajstić information content (AvgIpc) is 2.79. The Hall–Kier alpha value is -2.05. The van der Waals surface area contributed by atoms with E-state index in [0.29, 0.717) is 6.54 Å². The van der Waals surface area contributed by atoms with Crippen molar-refractivity contribution in [1.29, 1.82) is 0 Å². The van der Waals surface area contributed by atoms with E-state index in [1.54, 1.807) is 6.20 Å². The van der Waals surface area contributed by atoms with Gasteiger partial charge < -0.3 is 5.32 Å². The van der Waals surface area contributed by atoms with Gasteiger partial charge in [-0.1, -0.05) is 24.1 Å². The summed E-state index contributed by atoms with van der Waals surface area (Å²) in [5.41, 5.74) is 1.93. The molecule has 0 amide bonds. The van der Waals surface area contributed by atoms with Gasteiger partial charge in [0.2, 0.25) is 0 Å². The van der Waals surface area contributed by atoms with Crippen molar-refractivity contribution >= 4 is 0 Å². The van der Waals surface area contributed by atoms with Crippen LogP contribution in [0.2, 0.25) is 0 Å². The number of hydrogen-bond donors (Lipinski definition) is 1. The average molecular weight is 211 g/mol. The van der Waals surface area contributed by atoms with Gasteiger partial charge in [-0.2, -0.15) is 5.10 Å². The molecule has 0 fully saturated rings. The minimum Gasteiger partial charge on any atom is -0.309 e. The van der Waals surface area contributed by atoms with Crippen molar-refractivity contribution in [2.45, 2.75) is 0 Å². The van der Waals surface area contributed by atoms with Gasteiger partial charge in [0.1, 0.15) is 5.69 Å². The molecule has 2 aromatic rings. The van der Waals surface area contributed by atoms with Crippen LogP contribution in [0.3, 0.4) is 0 Å². The summed E-state index contributed by atoms with van der Waals surface area (Å²) in [4.78, 5) is 0. The number of aromatic nitrogens is 2. The molecule has 3 nitrogen and oxygen atoms in total. The minimum atomic E-state index is 0.681. The van der Waals surface area contributed by atoms with Crippen LogP contribution in [0.5, 0.6) is 0 Å². The second kappa shape index (κ2) is 5.15. The van der Waals surface area contributed by atoms with E-state index in [4.69, 9.17) is 0 Å². The third-order valence-corrected chi connectivity index (χ3v) is 2.13. The van der Waals surface area contributed by atoms with E-state index < -0.39 is 0 Å². The number of nitrogens with one attached hydrogen (secondary N) is 1. The topological polar surface area (TPSA) is 29.9 Å². The van der Waals surface area contributed by atoms with Crippen molar-refractivity contribution in [2.75, 3.05) is 13.6 Å². The molecule has 0 saturated carbocycles. The molecule has 1 heterocycles. The van der Waals surface area contributed by atoms with E-state index in [2.05, 4.69) is 22.3 Å². The summed E-state index contributed by atoms with van der Waals surface area (Å²) in [6.45, 7) is 0.681. The van der Waals surface area contributed by atoms with E-state index >= 15 is 0 Å². The van der Waals surface area contributed by atoms with Gasteiger partial charge in [-0.25, -0.2) is 4.68 Å². The van der Waals surface area contributed by atoms with Crippen molar-refractivity contribution in [1.82, 2.24) is 15.1 Å². The van der Waals surface area contributed by atoms with E-state index in [9.17, 15) is 0 Å². The molecule has 0 unspecified atom stereocenters. The summed E-state index contributed by atoms with van der Waals surface area (Å²) in [7, 11) is 1.88. The molecule has 0 radical (unpaired) electrons. The van der Waals surface area contributed by atoms with Crippen molar-refractivity contribution in [2.24, 2.45) is 0 Å². The van der Waals surface area contributed by atoms with Gasteiger partial charge in [0.05, 0.1) is 18.4 Å². The molecule has 1 aromatic heterocycles. The lowest BCUT2D eigenvalue weighted by atomic mass is 10.3. The van der Waals surface area contributed by atoms with Gasteiger partial charge >= 0.3 is 0 Å². The van der Waals surface area contributed by atoms with Gasteiger partial charge in [0.15, 0.2) is 0 Å². The molecule has 3 heteroatoms. The van der Waals surface area contributed by atoms with Gasteiger partial charge in [-0.15, -0.1) is 0 Å². The Morgan fingerprint density at radius 2 is 2.06 bits per heavy atom. The lowest BCUT2D eigenvalue weighted by Crippen LogP contribution is -2.05. The predicted molar refractivity (Wildman–Crippen MR) is 64.4 cm³/mol. The van der Waals surface area contributed by atoms with Crippen molar-refractivity contribution < 1.29 is 0 Å². The zero-order valence-corrected chi connectivity index (χ0v) is 9.14. The first-order valence-electron chi connectivity index (χ1n) is 5.15. The molecular weight excluding hydrogens is 198 g/mol. The maximum absolute atomic E-state index is 4.26. The zero-order chi connectivity index (χ0) is 11.2. The molecule has 16 heavy (non-hydrogen) atoms. The fourth-order valence-corrected chi connectivity index (χ4v) is 1.40. The highest BCUT2D eigenvalue weighted by molar-refractivity contribution is 5.38. The predicted octanol–water partition coefficient (Wildman–Crippen LogP) is 1.44. The molecule has 0 spiro atoms. The third kappa shape index (κ3) is 2.30. The number of benzene rings is 1. The van der Waals surface area contributed by atoms with Crippen LogP contribution >= 0.6 is 0 Å². The van der Waals surface area contributed by atoms with Crippen LogP contribution in [0.1, 0.15) is 5.69 Å². The lowest BCUT2D eigenvalue weighted by Gasteiger charge is -2.01. The SMILES string of the molecule is CNCC#Cc1ccnn1-c1ccccc1. The molecule has 0 bridgehead atoms. The van der Waals surface area contributed by atoms with Gasteiger partial charge in [-0.3, -0.25) is 0 Å². The maximum Gasteiger partial charge on any atom is 0.117 e. The fraction of sp³-hybridized carbons (Fsp3) is 0.154. The van der Waals surface area contributed by atoms with Crippen molar-refractivity contribution in [3.05, 3.63) is 48.3 Å². The van der Waals surface area contributed by atoms with Crippen LogP contribution in [-0.4, -0.2) is 23.4 Å². The highest BCUT2D eigenvalue weighted by Gasteiger charge is 2.00. The Morgan fingerprint density at radius 3 is 2.81 bits per heavy atom. The maximum atomic E-state index is 4.26. The van der Waals surface area contributed by atoms with Gasteiger partial charge in [-0.05, 0) is 31.2 Å². The Kier molecular flexibility index (Phi) is 3.37. The monoisotopic (exact) mass is 211 g/mol. The molecular formula is C13H13N3. The molecule has 0 saturated heterocycles. The molecule has 0 aliphatic rings. The summed E-state index contributed by atoms with van der Waals surface area (Å²) in [5, 5.41) is 7.25. The third-order valence-electron chi connectivity index (χ3n) is 2.13. The summed E-state index contributed by atoms with van der Waals surface area (Å²) in [5.74, 6) is 6.11. The Balaban J connectivity index is 2.31. The van der Waals surface area contributed by atoms with E-state index in [0.717, 1.165) is 11.4 Å². The molecule has 80 valence electrons. The van der Waals surface area contributed by atoms with Crippen LogP contribution in [0.25, 0.3) is 5.69 Å². The molecule has 0 aliphatic carbocycles. The summed E-state index contributed by atoms with van der Waals surface area (Å²) >= 11 is 0. The minimum absolute atomic E-state index is 0.681. The molecule has 1 aromatic carbocycles. The van der Waals surface area contributed by atoms with Crippen LogP contribution in [-0.2, 0) is 0 Å². The molecule has 2 rings (SSSR count). The summed E-state index contributed by atoms with van der Waals surface area (Å²) in [6.07, 6.45) is 1.76. The Morgan fingerprint density at radius 1 is 1.25 bits per heavy atom. The van der Waals surface area contributed by atoms with E-state index in [1.165, 1.54) is 0 Å².